The molecule has 0 bridgehead atoms. The van der Waals surface area contributed by atoms with Crippen molar-refractivity contribution in [3.05, 3.63) is 69.8 Å². The Morgan fingerprint density at radius 2 is 0.917 bits per heavy atom. The molecule has 0 spiro atoms. The Morgan fingerprint density at radius 3 is 1.38 bits per heavy atom. The quantitative estimate of drug-likeness (QED) is 0.592. The van der Waals surface area contributed by atoms with Crippen LogP contribution in [0, 0.1) is 0 Å². The Hall–Kier alpha value is -1.56. The van der Waals surface area contributed by atoms with E-state index in [9.17, 15) is 0 Å². The number of rotatable bonds is 5. The average molecular weight is 319 g/mol. The zero-order valence-corrected chi connectivity index (χ0v) is 14.9. The molecule has 0 saturated carbocycles. The highest BCUT2D eigenvalue weighted by Gasteiger charge is 2.10. The third-order valence-electron chi connectivity index (χ3n) is 6.01. The van der Waals surface area contributed by atoms with Gasteiger partial charge in [0.05, 0.1) is 0 Å². The Labute approximate surface area is 147 Å². The number of aryl methyl sites for hydroxylation is 6. The summed E-state index contributed by atoms with van der Waals surface area (Å²) in [6, 6.07) is 14.5. The molecule has 24 heavy (non-hydrogen) atoms. The van der Waals surface area contributed by atoms with E-state index in [0.717, 1.165) is 0 Å². The molecule has 2 aromatic carbocycles. The molecule has 0 atom stereocenters. The molecule has 0 saturated heterocycles. The van der Waals surface area contributed by atoms with Crippen molar-refractivity contribution in [3.63, 3.8) is 0 Å². The fourth-order valence-electron chi connectivity index (χ4n) is 4.54. The first kappa shape index (κ1) is 15.9. The highest BCUT2D eigenvalue weighted by molar-refractivity contribution is 5.35. The number of hydrogen-bond acceptors (Lipinski definition) is 0. The van der Waals surface area contributed by atoms with Crippen molar-refractivity contribution in [2.75, 3.05) is 0 Å². The van der Waals surface area contributed by atoms with Gasteiger partial charge in [0.15, 0.2) is 0 Å². The maximum atomic E-state index is 2.49. The highest BCUT2D eigenvalue weighted by Crippen LogP contribution is 2.24. The number of benzene rings is 2. The summed E-state index contributed by atoms with van der Waals surface area (Å²) in [5.41, 5.74) is 9.60. The Kier molecular flexibility index (Phi) is 5.02. The van der Waals surface area contributed by atoms with Gasteiger partial charge in [-0.1, -0.05) is 36.4 Å². The summed E-state index contributed by atoms with van der Waals surface area (Å²) in [7, 11) is 0. The summed E-state index contributed by atoms with van der Waals surface area (Å²) >= 11 is 0. The van der Waals surface area contributed by atoms with Crippen LogP contribution in [-0.4, -0.2) is 0 Å². The van der Waals surface area contributed by atoms with Crippen LogP contribution in [0.25, 0.3) is 0 Å². The van der Waals surface area contributed by atoms with Crippen molar-refractivity contribution < 1.29 is 0 Å². The van der Waals surface area contributed by atoms with Crippen LogP contribution in [0.1, 0.15) is 71.9 Å². The predicted octanol–water partition coefficient (Wildman–Crippen LogP) is 6.01. The van der Waals surface area contributed by atoms with E-state index in [4.69, 9.17) is 0 Å². The minimum absolute atomic E-state index is 1.25. The first-order chi connectivity index (χ1) is 11.9. The molecule has 0 heterocycles. The smallest absolute Gasteiger partial charge is 0.0276 e. The van der Waals surface area contributed by atoms with Gasteiger partial charge in [-0.3, -0.25) is 0 Å². The second-order valence-electron chi connectivity index (χ2n) is 7.83. The van der Waals surface area contributed by atoms with E-state index >= 15 is 0 Å². The third-order valence-corrected chi connectivity index (χ3v) is 6.01. The monoisotopic (exact) mass is 318 g/mol. The van der Waals surface area contributed by atoms with Gasteiger partial charge >= 0.3 is 0 Å². The van der Waals surface area contributed by atoms with E-state index in [2.05, 4.69) is 36.4 Å². The van der Waals surface area contributed by atoms with E-state index in [1.165, 1.54) is 77.0 Å². The van der Waals surface area contributed by atoms with Crippen LogP contribution in [0.5, 0.6) is 0 Å². The lowest BCUT2D eigenvalue weighted by Crippen LogP contribution is -2.04. The molecule has 0 aromatic heterocycles. The predicted molar refractivity (Wildman–Crippen MR) is 103 cm³/mol. The van der Waals surface area contributed by atoms with Gasteiger partial charge in [-0.15, -0.1) is 0 Å². The molecular weight excluding hydrogens is 288 g/mol. The maximum Gasteiger partial charge on any atom is -0.0276 e. The highest BCUT2D eigenvalue weighted by atomic mass is 14.2. The molecule has 4 rings (SSSR count). The fourth-order valence-corrected chi connectivity index (χ4v) is 4.54. The molecule has 0 N–H and O–H groups in total. The molecule has 0 aliphatic heterocycles. The minimum atomic E-state index is 1.25. The number of hydrogen-bond donors (Lipinski definition) is 0. The van der Waals surface area contributed by atoms with E-state index in [0.29, 0.717) is 0 Å². The van der Waals surface area contributed by atoms with Crippen LogP contribution in [0.15, 0.2) is 36.4 Å². The van der Waals surface area contributed by atoms with Gasteiger partial charge in [-0.2, -0.15) is 0 Å². The van der Waals surface area contributed by atoms with E-state index in [1.807, 2.05) is 0 Å². The summed E-state index contributed by atoms with van der Waals surface area (Å²) in [5.74, 6) is 0. The Balaban J connectivity index is 1.28. The van der Waals surface area contributed by atoms with Crippen LogP contribution >= 0.6 is 0 Å². The van der Waals surface area contributed by atoms with Crippen LogP contribution in [0.2, 0.25) is 0 Å². The third kappa shape index (κ3) is 3.74. The van der Waals surface area contributed by atoms with E-state index in [-0.39, 0.29) is 0 Å². The first-order valence-electron chi connectivity index (χ1n) is 10.1. The summed E-state index contributed by atoms with van der Waals surface area (Å²) in [6.45, 7) is 0. The molecule has 0 nitrogen and oxygen atoms in total. The van der Waals surface area contributed by atoms with E-state index < -0.39 is 0 Å². The molecule has 0 fully saturated rings. The zero-order valence-electron chi connectivity index (χ0n) is 14.9. The van der Waals surface area contributed by atoms with Gasteiger partial charge in [0.1, 0.15) is 0 Å². The molecule has 0 radical (unpaired) electrons. The first-order valence-corrected chi connectivity index (χ1v) is 10.1. The van der Waals surface area contributed by atoms with Crippen molar-refractivity contribution in [2.24, 2.45) is 0 Å². The van der Waals surface area contributed by atoms with Crippen LogP contribution < -0.4 is 0 Å². The topological polar surface area (TPSA) is 0 Å². The average Bonchev–Trinajstić information content (AvgIpc) is 2.65. The van der Waals surface area contributed by atoms with Crippen LogP contribution in [0.3, 0.4) is 0 Å². The lowest BCUT2D eigenvalue weighted by Gasteiger charge is -2.17. The van der Waals surface area contributed by atoms with Crippen LogP contribution in [0.4, 0.5) is 0 Å². The van der Waals surface area contributed by atoms with Gasteiger partial charge < -0.3 is 0 Å². The fraction of sp³-hybridized carbons (Fsp3) is 0.500. The summed E-state index contributed by atoms with van der Waals surface area (Å²) in [5, 5.41) is 0. The molecule has 2 aromatic rings. The maximum absolute atomic E-state index is 2.49. The van der Waals surface area contributed by atoms with Gasteiger partial charge in [0.25, 0.3) is 0 Å². The lowest BCUT2D eigenvalue weighted by atomic mass is 9.89. The SMILES string of the molecule is c1cc2c(cc1CCCCc1ccc3c(c1)CCCC3)CCCC2. The number of fused-ring (bicyclic) bond motifs is 2. The molecule has 0 heteroatoms. The van der Waals surface area contributed by atoms with Gasteiger partial charge in [0.2, 0.25) is 0 Å². The van der Waals surface area contributed by atoms with Crippen molar-refractivity contribution in [3.8, 4) is 0 Å². The van der Waals surface area contributed by atoms with Crippen molar-refractivity contribution >= 4 is 0 Å². The van der Waals surface area contributed by atoms with Gasteiger partial charge in [-0.25, -0.2) is 0 Å². The molecule has 126 valence electrons. The van der Waals surface area contributed by atoms with Crippen molar-refractivity contribution in [1.29, 1.82) is 0 Å². The van der Waals surface area contributed by atoms with E-state index in [1.54, 1.807) is 33.4 Å². The lowest BCUT2D eigenvalue weighted by molar-refractivity contribution is 0.678. The summed E-state index contributed by atoms with van der Waals surface area (Å²) in [4.78, 5) is 0. The largest absolute Gasteiger partial charge is 0.0588 e. The standard InChI is InChI=1S/C24H30/c1(7-19-13-15-21-9-3-5-11-23(21)17-19)2-8-20-14-16-22-10-4-6-12-24(22)18-20/h13-18H,1-12H2. The number of unbranched alkanes of at least 4 members (excludes halogenated alkanes) is 1. The van der Waals surface area contributed by atoms with Gasteiger partial charge in [-0.05, 0) is 110 Å². The zero-order chi connectivity index (χ0) is 16.2. The Bertz CT molecular complexity index is 634. The second-order valence-corrected chi connectivity index (χ2v) is 7.83. The minimum Gasteiger partial charge on any atom is -0.0588 e. The molecule has 0 amide bonds. The van der Waals surface area contributed by atoms with Crippen molar-refractivity contribution in [1.82, 2.24) is 0 Å². The second kappa shape index (κ2) is 7.55. The summed E-state index contributed by atoms with van der Waals surface area (Å²) < 4.78 is 0. The summed E-state index contributed by atoms with van der Waals surface area (Å²) in [6.07, 6.45) is 15.9. The van der Waals surface area contributed by atoms with Gasteiger partial charge in [0, 0.05) is 0 Å². The Morgan fingerprint density at radius 1 is 0.500 bits per heavy atom. The molecule has 2 aliphatic rings. The molecule has 2 aliphatic carbocycles. The van der Waals surface area contributed by atoms with Crippen molar-refractivity contribution in [2.45, 2.75) is 77.0 Å². The molecule has 0 unspecified atom stereocenters. The van der Waals surface area contributed by atoms with Crippen LogP contribution in [-0.2, 0) is 38.5 Å². The normalized spacial score (nSPS) is 16.5. The molecular formula is C24H30.